The van der Waals surface area contributed by atoms with Crippen molar-refractivity contribution in [2.75, 3.05) is 5.32 Å². The molecule has 1 aromatic heterocycles. The minimum absolute atomic E-state index is 0.146. The number of carbonyl (C=O) groups is 1. The van der Waals surface area contributed by atoms with Crippen molar-refractivity contribution in [1.82, 2.24) is 9.36 Å². The van der Waals surface area contributed by atoms with Crippen molar-refractivity contribution < 1.29 is 4.79 Å². The molecule has 5 heteroatoms. The van der Waals surface area contributed by atoms with E-state index in [1.54, 1.807) is 4.68 Å². The molecule has 130 valence electrons. The van der Waals surface area contributed by atoms with E-state index in [1.165, 1.54) is 6.92 Å². The molecule has 1 aromatic carbocycles. The highest BCUT2D eigenvalue weighted by Crippen LogP contribution is 2.30. The summed E-state index contributed by atoms with van der Waals surface area (Å²) in [6.07, 6.45) is 1.90. The molecule has 0 aliphatic rings. The van der Waals surface area contributed by atoms with Gasteiger partial charge in [-0.05, 0) is 18.6 Å². The fourth-order valence-electron chi connectivity index (χ4n) is 2.88. The number of amides is 1. The van der Waals surface area contributed by atoms with Gasteiger partial charge in [-0.25, -0.2) is 4.68 Å². The lowest BCUT2D eigenvalue weighted by atomic mass is 9.90. The van der Waals surface area contributed by atoms with E-state index in [0.717, 1.165) is 24.2 Å². The number of unbranched alkanes of at least 4 members (excludes halogenated alkanes) is 1. The molecule has 2 aromatic rings. The molecule has 0 bridgehead atoms. The van der Waals surface area contributed by atoms with Gasteiger partial charge in [0.1, 0.15) is 5.69 Å². The van der Waals surface area contributed by atoms with Gasteiger partial charge in [-0.15, -0.1) is 0 Å². The third kappa shape index (κ3) is 3.61. The summed E-state index contributed by atoms with van der Waals surface area (Å²) in [5.74, 6) is -0.231. The Morgan fingerprint density at radius 1 is 1.17 bits per heavy atom. The van der Waals surface area contributed by atoms with Gasteiger partial charge in [0, 0.05) is 18.9 Å². The Bertz CT molecular complexity index is 764. The molecule has 0 spiro atoms. The van der Waals surface area contributed by atoms with Crippen LogP contribution in [0.15, 0.2) is 35.1 Å². The highest BCUT2D eigenvalue weighted by atomic mass is 16.2. The van der Waals surface area contributed by atoms with Gasteiger partial charge in [0.15, 0.2) is 0 Å². The van der Waals surface area contributed by atoms with E-state index in [4.69, 9.17) is 0 Å². The second-order valence-electron chi connectivity index (χ2n) is 7.08. The average molecular weight is 329 g/mol. The van der Waals surface area contributed by atoms with Crippen molar-refractivity contribution in [3.8, 4) is 5.69 Å². The van der Waals surface area contributed by atoms with Crippen molar-refractivity contribution in [2.45, 2.75) is 59.4 Å². The van der Waals surface area contributed by atoms with Crippen LogP contribution in [0.1, 0.15) is 53.2 Å². The molecular weight excluding hydrogens is 302 g/mol. The molecule has 0 fully saturated rings. The first-order valence-corrected chi connectivity index (χ1v) is 8.46. The number of nitrogens with one attached hydrogen (secondary N) is 1. The first-order chi connectivity index (χ1) is 11.3. The van der Waals surface area contributed by atoms with Crippen molar-refractivity contribution >= 4 is 11.6 Å². The minimum atomic E-state index is -0.301. The van der Waals surface area contributed by atoms with Crippen LogP contribution in [-0.4, -0.2) is 15.3 Å². The Morgan fingerprint density at radius 2 is 1.79 bits per heavy atom. The molecule has 0 aliphatic carbocycles. The molecule has 0 aliphatic heterocycles. The predicted octanol–water partition coefficient (Wildman–Crippen LogP) is 3.70. The number of benzene rings is 1. The maximum Gasteiger partial charge on any atom is 0.291 e. The molecule has 24 heavy (non-hydrogen) atoms. The van der Waals surface area contributed by atoms with Gasteiger partial charge in [-0.3, -0.25) is 14.3 Å². The summed E-state index contributed by atoms with van der Waals surface area (Å²) in [4.78, 5) is 24.6. The first-order valence-electron chi connectivity index (χ1n) is 8.46. The Morgan fingerprint density at radius 3 is 2.29 bits per heavy atom. The number of rotatable bonds is 5. The quantitative estimate of drug-likeness (QED) is 0.909. The second-order valence-corrected chi connectivity index (χ2v) is 7.08. The number of carbonyl (C=O) groups excluding carboxylic acids is 1. The van der Waals surface area contributed by atoms with Gasteiger partial charge in [-0.1, -0.05) is 52.3 Å². The Labute approximate surface area is 143 Å². The lowest BCUT2D eigenvalue weighted by Gasteiger charge is -2.24. The van der Waals surface area contributed by atoms with E-state index in [9.17, 15) is 9.59 Å². The Balaban J connectivity index is 2.81. The maximum atomic E-state index is 13.0. The summed E-state index contributed by atoms with van der Waals surface area (Å²) in [7, 11) is 0. The Kier molecular flexibility index (Phi) is 5.32. The first kappa shape index (κ1) is 18.0. The molecule has 0 unspecified atom stereocenters. The van der Waals surface area contributed by atoms with Crippen LogP contribution in [-0.2, 0) is 16.8 Å². The van der Waals surface area contributed by atoms with Crippen LogP contribution in [0.4, 0.5) is 5.69 Å². The third-order valence-corrected chi connectivity index (χ3v) is 3.87. The normalized spacial score (nSPS) is 11.5. The molecule has 1 heterocycles. The molecule has 1 amide bonds. The minimum Gasteiger partial charge on any atom is -0.320 e. The van der Waals surface area contributed by atoms with Crippen LogP contribution >= 0.6 is 0 Å². The van der Waals surface area contributed by atoms with Crippen LogP contribution in [0.5, 0.6) is 0 Å². The van der Waals surface area contributed by atoms with Gasteiger partial charge in [0.25, 0.3) is 5.56 Å². The molecular formula is C19H27N3O2. The van der Waals surface area contributed by atoms with E-state index >= 15 is 0 Å². The van der Waals surface area contributed by atoms with E-state index in [-0.39, 0.29) is 16.9 Å². The standard InChI is InChI=1S/C19H27N3O2/c1-6-7-13-21-18(24)16(20-14(2)23)17(19(3,4)5)22(21)15-11-9-8-10-12-15/h8-12H,6-7,13H2,1-5H3,(H,20,23). The van der Waals surface area contributed by atoms with E-state index in [0.29, 0.717) is 12.2 Å². The zero-order chi connectivity index (χ0) is 17.9. The summed E-state index contributed by atoms with van der Waals surface area (Å²) in [6.45, 7) is 10.3. The van der Waals surface area contributed by atoms with Crippen molar-refractivity contribution in [1.29, 1.82) is 0 Å². The van der Waals surface area contributed by atoms with Crippen LogP contribution in [0, 0.1) is 0 Å². The molecule has 0 radical (unpaired) electrons. The Hall–Kier alpha value is -2.30. The number of anilines is 1. The van der Waals surface area contributed by atoms with Crippen molar-refractivity contribution in [3.63, 3.8) is 0 Å². The monoisotopic (exact) mass is 329 g/mol. The number of hydrogen-bond acceptors (Lipinski definition) is 2. The summed E-state index contributed by atoms with van der Waals surface area (Å²) in [5.41, 5.74) is 1.68. The largest absolute Gasteiger partial charge is 0.320 e. The predicted molar refractivity (Wildman–Crippen MR) is 97.9 cm³/mol. The second kappa shape index (κ2) is 7.07. The third-order valence-electron chi connectivity index (χ3n) is 3.87. The van der Waals surface area contributed by atoms with E-state index < -0.39 is 0 Å². The fraction of sp³-hybridized carbons (Fsp3) is 0.474. The zero-order valence-electron chi connectivity index (χ0n) is 15.2. The van der Waals surface area contributed by atoms with Crippen LogP contribution in [0.25, 0.3) is 5.69 Å². The molecule has 0 atom stereocenters. The number of hydrogen-bond donors (Lipinski definition) is 1. The molecule has 1 N–H and O–H groups in total. The lowest BCUT2D eigenvalue weighted by Crippen LogP contribution is -2.25. The maximum absolute atomic E-state index is 13.0. The highest BCUT2D eigenvalue weighted by molar-refractivity contribution is 5.89. The zero-order valence-corrected chi connectivity index (χ0v) is 15.2. The topological polar surface area (TPSA) is 56.0 Å². The van der Waals surface area contributed by atoms with Crippen molar-refractivity contribution in [2.24, 2.45) is 0 Å². The van der Waals surface area contributed by atoms with Crippen LogP contribution < -0.4 is 10.9 Å². The number of nitrogens with zero attached hydrogens (tertiary/aromatic N) is 2. The average Bonchev–Trinajstić information content (AvgIpc) is 2.78. The lowest BCUT2D eigenvalue weighted by molar-refractivity contribution is -0.114. The van der Waals surface area contributed by atoms with E-state index in [2.05, 4.69) is 33.0 Å². The smallest absolute Gasteiger partial charge is 0.291 e. The summed E-state index contributed by atoms with van der Waals surface area (Å²) < 4.78 is 3.70. The molecule has 2 rings (SSSR count). The number of para-hydroxylation sites is 1. The molecule has 5 nitrogen and oxygen atoms in total. The van der Waals surface area contributed by atoms with Crippen LogP contribution in [0.3, 0.4) is 0 Å². The summed E-state index contributed by atoms with van der Waals surface area (Å²) in [5, 5.41) is 2.76. The number of aromatic nitrogens is 2. The van der Waals surface area contributed by atoms with Crippen LogP contribution in [0.2, 0.25) is 0 Å². The summed E-state index contributed by atoms with van der Waals surface area (Å²) in [6, 6.07) is 9.82. The SMILES string of the molecule is CCCCn1c(=O)c(NC(C)=O)c(C(C)(C)C)n1-c1ccccc1. The summed E-state index contributed by atoms with van der Waals surface area (Å²) >= 11 is 0. The molecule has 0 saturated carbocycles. The van der Waals surface area contributed by atoms with Gasteiger partial charge in [0.2, 0.25) is 5.91 Å². The fourth-order valence-corrected chi connectivity index (χ4v) is 2.88. The van der Waals surface area contributed by atoms with Gasteiger partial charge in [-0.2, -0.15) is 0 Å². The molecule has 0 saturated heterocycles. The highest BCUT2D eigenvalue weighted by Gasteiger charge is 2.30. The van der Waals surface area contributed by atoms with Gasteiger partial charge in [0.05, 0.1) is 11.4 Å². The van der Waals surface area contributed by atoms with E-state index in [1.807, 2.05) is 35.0 Å². The van der Waals surface area contributed by atoms with Gasteiger partial charge >= 0.3 is 0 Å². The van der Waals surface area contributed by atoms with Crippen molar-refractivity contribution in [3.05, 3.63) is 46.4 Å². The van der Waals surface area contributed by atoms with Gasteiger partial charge < -0.3 is 5.32 Å².